The average Bonchev–Trinajstić information content (AvgIpc) is 3.07. The van der Waals surface area contributed by atoms with Crippen LogP contribution in [-0.4, -0.2) is 22.1 Å². The second kappa shape index (κ2) is 9.90. The summed E-state index contributed by atoms with van der Waals surface area (Å²) in [6.07, 6.45) is 2.69. The second-order valence-electron chi connectivity index (χ2n) is 7.69. The highest BCUT2D eigenvalue weighted by atomic mass is 19.1. The summed E-state index contributed by atoms with van der Waals surface area (Å²) in [5.41, 5.74) is 2.41. The van der Waals surface area contributed by atoms with Gasteiger partial charge in [-0.25, -0.2) is 8.78 Å². The number of hydrogen-bond acceptors (Lipinski definition) is 3. The van der Waals surface area contributed by atoms with Gasteiger partial charge in [0.1, 0.15) is 18.2 Å². The van der Waals surface area contributed by atoms with E-state index in [9.17, 15) is 13.6 Å². The lowest BCUT2D eigenvalue weighted by molar-refractivity contribution is 0.0955. The van der Waals surface area contributed by atoms with Crippen LogP contribution in [0.3, 0.4) is 0 Å². The number of rotatable bonds is 9. The van der Waals surface area contributed by atoms with E-state index in [4.69, 9.17) is 4.74 Å². The lowest BCUT2D eigenvalue weighted by Gasteiger charge is -2.12. The van der Waals surface area contributed by atoms with Gasteiger partial charge >= 0.3 is 0 Å². The monoisotopic (exact) mass is 428 g/mol. The highest BCUT2D eigenvalue weighted by Gasteiger charge is 2.21. The van der Waals surface area contributed by atoms with Crippen molar-refractivity contribution in [2.45, 2.75) is 53.6 Å². The van der Waals surface area contributed by atoms with Gasteiger partial charge in [-0.3, -0.25) is 4.79 Å². The van der Waals surface area contributed by atoms with Crippen molar-refractivity contribution in [3.63, 3.8) is 0 Å². The number of hydrogen-bond donors (Lipinski definition) is 1. The largest absolute Gasteiger partial charge is 0.473 e. The first-order valence-electron chi connectivity index (χ1n) is 10.5. The van der Waals surface area contributed by atoms with Crippen LogP contribution >= 0.6 is 0 Å². The zero-order chi connectivity index (χ0) is 22.5. The van der Waals surface area contributed by atoms with Crippen molar-refractivity contribution in [1.82, 2.24) is 14.9 Å². The van der Waals surface area contributed by atoms with Crippen LogP contribution in [0.2, 0.25) is 0 Å². The van der Waals surface area contributed by atoms with Gasteiger partial charge in [0.2, 0.25) is 5.88 Å². The predicted molar refractivity (Wildman–Crippen MR) is 116 cm³/mol. The summed E-state index contributed by atoms with van der Waals surface area (Å²) >= 11 is 0. The maximum absolute atomic E-state index is 14.0. The topological polar surface area (TPSA) is 55.6 Å². The number of benzene rings is 1. The first-order valence-corrected chi connectivity index (χ1v) is 10.5. The molecule has 0 saturated carbocycles. The van der Waals surface area contributed by atoms with E-state index >= 15 is 0 Å². The minimum absolute atomic E-state index is 0.152. The number of nitrogens with one attached hydrogen (secondary N) is 1. The Kier molecular flexibility index (Phi) is 7.25. The molecule has 0 aliphatic heterocycles. The van der Waals surface area contributed by atoms with E-state index in [2.05, 4.69) is 17.3 Å². The molecule has 0 aliphatic rings. The molecular formula is C24H28F2N3O2. The maximum Gasteiger partial charge on any atom is 0.255 e. The Morgan fingerprint density at radius 3 is 2.55 bits per heavy atom. The fourth-order valence-electron chi connectivity index (χ4n) is 3.52. The van der Waals surface area contributed by atoms with E-state index in [1.807, 2.05) is 19.9 Å². The summed E-state index contributed by atoms with van der Waals surface area (Å²) in [5, 5.41) is 7.43. The number of carbonyl (C=O) groups excluding carboxylic acids is 1. The van der Waals surface area contributed by atoms with Crippen LogP contribution in [0.1, 0.15) is 60.8 Å². The lowest BCUT2D eigenvalue weighted by Crippen LogP contribution is -2.27. The molecule has 2 aromatic heterocycles. The van der Waals surface area contributed by atoms with Crippen LogP contribution in [-0.2, 0) is 13.0 Å². The average molecular weight is 429 g/mol. The fraction of sp³-hybridized carbons (Fsp3) is 0.375. The molecule has 31 heavy (non-hydrogen) atoms. The minimum atomic E-state index is -0.668. The van der Waals surface area contributed by atoms with Gasteiger partial charge in [-0.1, -0.05) is 33.3 Å². The molecule has 0 saturated heterocycles. The van der Waals surface area contributed by atoms with Crippen molar-refractivity contribution in [1.29, 1.82) is 0 Å². The Bertz CT molecular complexity index is 1060. The molecule has 0 fully saturated rings. The molecule has 0 bridgehead atoms. The van der Waals surface area contributed by atoms with Crippen LogP contribution in [0.5, 0.6) is 5.88 Å². The molecule has 0 unspecified atom stereocenters. The quantitative estimate of drug-likeness (QED) is 0.511. The molecule has 3 rings (SSSR count). The highest BCUT2D eigenvalue weighted by Crippen LogP contribution is 2.25. The first kappa shape index (κ1) is 22.7. The summed E-state index contributed by atoms with van der Waals surface area (Å²) in [6, 6.07) is 7.37. The number of aryl methyl sites for hydroxylation is 2. The molecule has 0 atom stereocenters. The number of amides is 1. The van der Waals surface area contributed by atoms with E-state index in [0.29, 0.717) is 35.6 Å². The lowest BCUT2D eigenvalue weighted by atomic mass is 10.1. The van der Waals surface area contributed by atoms with Crippen LogP contribution < -0.4 is 10.1 Å². The third-order valence-corrected chi connectivity index (χ3v) is 5.22. The first-order chi connectivity index (χ1) is 14.8. The number of aromatic nitrogens is 2. The van der Waals surface area contributed by atoms with Gasteiger partial charge in [0, 0.05) is 12.6 Å². The van der Waals surface area contributed by atoms with Crippen molar-refractivity contribution in [3.8, 4) is 5.88 Å². The number of nitrogens with zero attached hydrogens (tertiary/aromatic N) is 2. The second-order valence-corrected chi connectivity index (χ2v) is 7.69. The van der Waals surface area contributed by atoms with Crippen molar-refractivity contribution in [3.05, 3.63) is 70.3 Å². The molecule has 0 aliphatic carbocycles. The third-order valence-electron chi connectivity index (χ3n) is 5.22. The molecule has 1 N–H and O–H groups in total. The van der Waals surface area contributed by atoms with E-state index in [1.54, 1.807) is 13.0 Å². The highest BCUT2D eigenvalue weighted by molar-refractivity contribution is 6.02. The van der Waals surface area contributed by atoms with E-state index in [1.165, 1.54) is 28.6 Å². The third kappa shape index (κ3) is 5.03. The summed E-state index contributed by atoms with van der Waals surface area (Å²) in [6.45, 7) is 8.09. The number of carbonyl (C=O) groups is 1. The van der Waals surface area contributed by atoms with Gasteiger partial charge in [0.05, 0.1) is 22.3 Å². The van der Waals surface area contributed by atoms with Gasteiger partial charge in [0.25, 0.3) is 5.91 Å². The molecule has 1 amide bonds. The van der Waals surface area contributed by atoms with E-state index in [-0.39, 0.29) is 18.1 Å². The molecule has 2 heterocycles. The predicted octanol–water partition coefficient (Wildman–Crippen LogP) is 5.19. The van der Waals surface area contributed by atoms with Gasteiger partial charge in [-0.2, -0.15) is 9.61 Å². The zero-order valence-electron chi connectivity index (χ0n) is 18.4. The molecule has 1 aromatic carbocycles. The smallest absolute Gasteiger partial charge is 0.255 e. The van der Waals surface area contributed by atoms with Crippen LogP contribution in [0, 0.1) is 24.5 Å². The van der Waals surface area contributed by atoms with Crippen LogP contribution in [0.25, 0.3) is 5.52 Å². The van der Waals surface area contributed by atoms with E-state index in [0.717, 1.165) is 18.4 Å². The number of halogens is 2. The number of fused-ring (bicyclic) bond motifs is 1. The molecule has 1 radical (unpaired) electrons. The van der Waals surface area contributed by atoms with Gasteiger partial charge in [0.15, 0.2) is 0 Å². The normalized spacial score (nSPS) is 11.3. The Balaban J connectivity index is 1.93. The molecule has 5 nitrogen and oxygen atoms in total. The number of ether oxygens (including phenoxy) is 1. The molecule has 3 aromatic rings. The SMILES string of the molecule is CCC[C](C)CNC(=O)c1c(C)nn2c(OCc3c(F)cccc3F)cc(CC)cc12. The van der Waals surface area contributed by atoms with Crippen molar-refractivity contribution in [2.75, 3.05) is 6.54 Å². The zero-order valence-corrected chi connectivity index (χ0v) is 18.4. The standard InChI is InChI=1S/C24H28F2N3O2/c1-5-8-15(3)13-27-24(30)23-16(4)28-29-21(23)11-17(6-2)12-22(29)31-14-18-19(25)9-7-10-20(18)26/h7,9-12H,5-6,8,13-14H2,1-4H3,(H,27,30). The van der Waals surface area contributed by atoms with Gasteiger partial charge in [-0.05, 0) is 49.4 Å². The minimum Gasteiger partial charge on any atom is -0.473 e. The van der Waals surface area contributed by atoms with E-state index < -0.39 is 11.6 Å². The molecule has 7 heteroatoms. The Labute approximate surface area is 181 Å². The number of pyridine rings is 1. The van der Waals surface area contributed by atoms with Crippen molar-refractivity contribution >= 4 is 11.4 Å². The summed E-state index contributed by atoms with van der Waals surface area (Å²) in [5.74, 6) is -0.0121. The summed E-state index contributed by atoms with van der Waals surface area (Å²) < 4.78 is 35.3. The Hall–Kier alpha value is -2.96. The van der Waals surface area contributed by atoms with Crippen LogP contribution in [0.4, 0.5) is 8.78 Å². The maximum atomic E-state index is 14.0. The molecule has 0 spiro atoms. The molecular weight excluding hydrogens is 400 g/mol. The Morgan fingerprint density at radius 2 is 1.90 bits per heavy atom. The van der Waals surface area contributed by atoms with Crippen LogP contribution in [0.15, 0.2) is 30.3 Å². The summed E-state index contributed by atoms with van der Waals surface area (Å²) in [4.78, 5) is 12.9. The summed E-state index contributed by atoms with van der Waals surface area (Å²) in [7, 11) is 0. The van der Waals surface area contributed by atoms with Gasteiger partial charge < -0.3 is 10.1 Å². The Morgan fingerprint density at radius 1 is 1.19 bits per heavy atom. The molecule has 165 valence electrons. The van der Waals surface area contributed by atoms with Crippen molar-refractivity contribution < 1.29 is 18.3 Å². The van der Waals surface area contributed by atoms with Crippen molar-refractivity contribution in [2.24, 2.45) is 0 Å². The van der Waals surface area contributed by atoms with Gasteiger partial charge in [-0.15, -0.1) is 0 Å². The fourth-order valence-corrected chi connectivity index (χ4v) is 3.52.